The Morgan fingerprint density at radius 2 is 1.89 bits per heavy atom. The first-order valence-corrected chi connectivity index (χ1v) is 6.30. The first kappa shape index (κ1) is 15.3. The van der Waals surface area contributed by atoms with Crippen molar-refractivity contribution in [2.45, 2.75) is 38.6 Å². The molecule has 0 aliphatic heterocycles. The van der Waals surface area contributed by atoms with E-state index in [0.29, 0.717) is 18.4 Å². The van der Waals surface area contributed by atoms with Crippen molar-refractivity contribution in [2.75, 3.05) is 0 Å². The second-order valence-corrected chi connectivity index (χ2v) is 5.18. The standard InChI is InChI=1S/C14H21NO4/c1-3-9(8-14(2,15)13(18)19)7-10-11(16)5-4-6-12(10)17/h4-6,9,16-17H,3,7-8,15H2,1-2H3,(H,18,19). The van der Waals surface area contributed by atoms with Crippen LogP contribution >= 0.6 is 0 Å². The number of carboxylic acid groups (broad SMARTS) is 1. The van der Waals surface area contributed by atoms with Gasteiger partial charge in [-0.1, -0.05) is 19.4 Å². The first-order chi connectivity index (χ1) is 8.77. The summed E-state index contributed by atoms with van der Waals surface area (Å²) in [5.74, 6) is -1.03. The lowest BCUT2D eigenvalue weighted by atomic mass is 9.84. The van der Waals surface area contributed by atoms with Gasteiger partial charge in [-0.05, 0) is 37.8 Å². The van der Waals surface area contributed by atoms with E-state index >= 15 is 0 Å². The zero-order valence-electron chi connectivity index (χ0n) is 11.3. The van der Waals surface area contributed by atoms with Crippen LogP contribution in [0.1, 0.15) is 32.3 Å². The van der Waals surface area contributed by atoms with E-state index in [9.17, 15) is 15.0 Å². The van der Waals surface area contributed by atoms with Crippen molar-refractivity contribution in [3.05, 3.63) is 23.8 Å². The van der Waals surface area contributed by atoms with Crippen LogP contribution < -0.4 is 5.73 Å². The van der Waals surface area contributed by atoms with Gasteiger partial charge in [0, 0.05) is 5.56 Å². The van der Waals surface area contributed by atoms with E-state index in [1.54, 1.807) is 6.07 Å². The Hall–Kier alpha value is -1.75. The zero-order valence-corrected chi connectivity index (χ0v) is 11.3. The molecule has 0 aliphatic rings. The van der Waals surface area contributed by atoms with Crippen LogP contribution in [0.4, 0.5) is 0 Å². The fourth-order valence-corrected chi connectivity index (χ4v) is 2.11. The molecule has 1 aromatic rings. The number of phenols is 2. The number of carbonyl (C=O) groups is 1. The molecule has 0 aliphatic carbocycles. The molecule has 5 nitrogen and oxygen atoms in total. The topological polar surface area (TPSA) is 104 Å². The highest BCUT2D eigenvalue weighted by Crippen LogP contribution is 2.32. The van der Waals surface area contributed by atoms with Crippen molar-refractivity contribution in [1.29, 1.82) is 0 Å². The largest absolute Gasteiger partial charge is 0.508 e. The molecule has 0 amide bonds. The van der Waals surface area contributed by atoms with Gasteiger partial charge >= 0.3 is 5.97 Å². The Bertz CT molecular complexity index is 437. The van der Waals surface area contributed by atoms with Crippen LogP contribution in [-0.4, -0.2) is 26.8 Å². The third kappa shape index (κ3) is 3.86. The van der Waals surface area contributed by atoms with Gasteiger partial charge in [0.2, 0.25) is 0 Å². The fourth-order valence-electron chi connectivity index (χ4n) is 2.11. The van der Waals surface area contributed by atoms with Crippen LogP contribution in [-0.2, 0) is 11.2 Å². The molecule has 0 aromatic heterocycles. The average molecular weight is 267 g/mol. The Kier molecular flexibility index (Phi) is 4.78. The molecule has 1 aromatic carbocycles. The fraction of sp³-hybridized carbons (Fsp3) is 0.500. The average Bonchev–Trinajstić information content (AvgIpc) is 2.32. The summed E-state index contributed by atoms with van der Waals surface area (Å²) in [6.07, 6.45) is 1.40. The molecule has 0 bridgehead atoms. The van der Waals surface area contributed by atoms with Gasteiger partial charge in [0.05, 0.1) is 0 Å². The third-order valence-electron chi connectivity index (χ3n) is 3.40. The minimum Gasteiger partial charge on any atom is -0.508 e. The SMILES string of the molecule is CCC(Cc1c(O)cccc1O)CC(C)(N)C(=O)O. The van der Waals surface area contributed by atoms with Gasteiger partial charge in [-0.3, -0.25) is 4.79 Å². The van der Waals surface area contributed by atoms with Crippen molar-refractivity contribution in [1.82, 2.24) is 0 Å². The maximum atomic E-state index is 11.0. The summed E-state index contributed by atoms with van der Waals surface area (Å²) in [7, 11) is 0. The number of nitrogens with two attached hydrogens (primary N) is 1. The van der Waals surface area contributed by atoms with Gasteiger partial charge in [0.1, 0.15) is 17.0 Å². The lowest BCUT2D eigenvalue weighted by Crippen LogP contribution is -2.46. The van der Waals surface area contributed by atoms with E-state index in [0.717, 1.165) is 0 Å². The van der Waals surface area contributed by atoms with E-state index < -0.39 is 11.5 Å². The molecule has 0 heterocycles. The number of hydrogen-bond donors (Lipinski definition) is 4. The summed E-state index contributed by atoms with van der Waals surface area (Å²) in [4.78, 5) is 11.0. The smallest absolute Gasteiger partial charge is 0.323 e. The van der Waals surface area contributed by atoms with Crippen molar-refractivity contribution in [3.63, 3.8) is 0 Å². The maximum absolute atomic E-state index is 11.0. The predicted molar refractivity (Wildman–Crippen MR) is 72.1 cm³/mol. The van der Waals surface area contributed by atoms with Gasteiger partial charge in [-0.2, -0.15) is 0 Å². The zero-order chi connectivity index (χ0) is 14.6. The minimum atomic E-state index is -1.30. The lowest BCUT2D eigenvalue weighted by molar-refractivity contribution is -0.143. The summed E-state index contributed by atoms with van der Waals surface area (Å²) in [5.41, 5.74) is 4.88. The van der Waals surface area contributed by atoms with Gasteiger partial charge in [-0.15, -0.1) is 0 Å². The lowest BCUT2D eigenvalue weighted by Gasteiger charge is -2.25. The van der Waals surface area contributed by atoms with Crippen LogP contribution in [0, 0.1) is 5.92 Å². The molecule has 1 rings (SSSR count). The molecule has 2 unspecified atom stereocenters. The normalized spacial score (nSPS) is 15.7. The van der Waals surface area contributed by atoms with E-state index in [-0.39, 0.29) is 23.8 Å². The van der Waals surface area contributed by atoms with Gasteiger partial charge in [0.25, 0.3) is 0 Å². The van der Waals surface area contributed by atoms with Crippen LogP contribution in [0.15, 0.2) is 18.2 Å². The van der Waals surface area contributed by atoms with Crippen LogP contribution in [0.3, 0.4) is 0 Å². The Morgan fingerprint density at radius 3 is 2.32 bits per heavy atom. The van der Waals surface area contributed by atoms with Crippen LogP contribution in [0.25, 0.3) is 0 Å². The summed E-state index contributed by atoms with van der Waals surface area (Å²) in [6.45, 7) is 3.41. The number of rotatable bonds is 6. The monoisotopic (exact) mass is 267 g/mol. The van der Waals surface area contributed by atoms with E-state index in [4.69, 9.17) is 10.8 Å². The van der Waals surface area contributed by atoms with Gasteiger partial charge in [0.15, 0.2) is 0 Å². The number of benzene rings is 1. The summed E-state index contributed by atoms with van der Waals surface area (Å²) in [5, 5.41) is 28.5. The molecule has 5 N–H and O–H groups in total. The van der Waals surface area contributed by atoms with E-state index in [1.165, 1.54) is 19.1 Å². The maximum Gasteiger partial charge on any atom is 0.323 e. The number of hydrogen-bond acceptors (Lipinski definition) is 4. The Labute approximate surface area is 112 Å². The van der Waals surface area contributed by atoms with Crippen molar-refractivity contribution >= 4 is 5.97 Å². The highest BCUT2D eigenvalue weighted by Gasteiger charge is 2.31. The molecule has 5 heteroatoms. The number of carboxylic acids is 1. The molecule has 0 saturated carbocycles. The summed E-state index contributed by atoms with van der Waals surface area (Å²) < 4.78 is 0. The molecule has 106 valence electrons. The summed E-state index contributed by atoms with van der Waals surface area (Å²) in [6, 6.07) is 4.56. The minimum absolute atomic E-state index is 0.0208. The van der Waals surface area contributed by atoms with Crippen LogP contribution in [0.2, 0.25) is 0 Å². The van der Waals surface area contributed by atoms with Crippen molar-refractivity contribution in [3.8, 4) is 11.5 Å². The molecular weight excluding hydrogens is 246 g/mol. The predicted octanol–water partition coefficient (Wildman–Crippen LogP) is 1.86. The molecule has 0 radical (unpaired) electrons. The highest BCUT2D eigenvalue weighted by atomic mass is 16.4. The number of aromatic hydroxyl groups is 2. The third-order valence-corrected chi connectivity index (χ3v) is 3.40. The second kappa shape index (κ2) is 5.93. The van der Waals surface area contributed by atoms with Gasteiger partial charge < -0.3 is 21.1 Å². The van der Waals surface area contributed by atoms with E-state index in [2.05, 4.69) is 0 Å². The van der Waals surface area contributed by atoms with Crippen molar-refractivity contribution in [2.24, 2.45) is 11.7 Å². The van der Waals surface area contributed by atoms with Gasteiger partial charge in [-0.25, -0.2) is 0 Å². The molecule has 19 heavy (non-hydrogen) atoms. The first-order valence-electron chi connectivity index (χ1n) is 6.30. The molecule has 2 atom stereocenters. The number of phenolic OH excluding ortho intramolecular Hbond substituents is 2. The second-order valence-electron chi connectivity index (χ2n) is 5.18. The Morgan fingerprint density at radius 1 is 1.37 bits per heavy atom. The molecule has 0 saturated heterocycles. The quantitative estimate of drug-likeness (QED) is 0.630. The highest BCUT2D eigenvalue weighted by molar-refractivity contribution is 5.77. The van der Waals surface area contributed by atoms with Crippen molar-refractivity contribution < 1.29 is 20.1 Å². The van der Waals surface area contributed by atoms with E-state index in [1.807, 2.05) is 6.92 Å². The Balaban J connectivity index is 2.86. The molecule has 0 spiro atoms. The summed E-state index contributed by atoms with van der Waals surface area (Å²) >= 11 is 0. The van der Waals surface area contributed by atoms with Crippen LogP contribution in [0.5, 0.6) is 11.5 Å². The molecular formula is C14H21NO4. The molecule has 0 fully saturated rings. The number of aliphatic carboxylic acids is 1.